The lowest BCUT2D eigenvalue weighted by Gasteiger charge is -2.12. The van der Waals surface area contributed by atoms with E-state index >= 15 is 0 Å². The van der Waals surface area contributed by atoms with Gasteiger partial charge in [-0.2, -0.15) is 5.10 Å². The van der Waals surface area contributed by atoms with Crippen LogP contribution in [0.5, 0.6) is 11.5 Å². The second-order valence-corrected chi connectivity index (χ2v) is 8.28. The molecule has 0 spiro atoms. The van der Waals surface area contributed by atoms with Gasteiger partial charge in [-0.25, -0.2) is 4.98 Å². The molecule has 1 heterocycles. The molecule has 0 radical (unpaired) electrons. The Hall–Kier alpha value is -3.64. The van der Waals surface area contributed by atoms with Crippen molar-refractivity contribution in [1.29, 1.82) is 0 Å². The average molecular weight is 444 g/mol. The molecule has 1 N–H and O–H groups in total. The molecular formula is C26H25N3O2S. The number of rotatable bonds is 9. The highest BCUT2D eigenvalue weighted by Crippen LogP contribution is 2.31. The summed E-state index contributed by atoms with van der Waals surface area (Å²) in [5, 5.41) is 5.12. The van der Waals surface area contributed by atoms with Crippen molar-refractivity contribution in [1.82, 2.24) is 4.98 Å². The molecule has 1 aromatic heterocycles. The van der Waals surface area contributed by atoms with Gasteiger partial charge in [0.2, 0.25) is 5.13 Å². The predicted octanol–water partition coefficient (Wildman–Crippen LogP) is 6.54. The monoisotopic (exact) mass is 443 g/mol. The Labute approximate surface area is 192 Å². The number of thiazole rings is 1. The summed E-state index contributed by atoms with van der Waals surface area (Å²) in [7, 11) is 0. The largest absolute Gasteiger partial charge is 0.490 e. The molecule has 0 saturated heterocycles. The SMILES string of the molecule is CCOc1cc(/C=N\Nc2nc(-c3ccccc3)c(C)s2)ccc1OCc1ccccc1. The smallest absolute Gasteiger partial charge is 0.204 e. The minimum atomic E-state index is 0.489. The van der Waals surface area contributed by atoms with Gasteiger partial charge in [-0.05, 0) is 43.2 Å². The Kier molecular flexibility index (Phi) is 7.15. The average Bonchev–Trinajstić information content (AvgIpc) is 3.20. The van der Waals surface area contributed by atoms with E-state index in [1.807, 2.05) is 73.7 Å². The van der Waals surface area contributed by atoms with Crippen molar-refractivity contribution in [2.24, 2.45) is 5.10 Å². The lowest BCUT2D eigenvalue weighted by atomic mass is 10.1. The van der Waals surface area contributed by atoms with Gasteiger partial charge in [0.25, 0.3) is 0 Å². The van der Waals surface area contributed by atoms with E-state index < -0.39 is 0 Å². The number of aryl methyl sites for hydroxylation is 1. The number of benzene rings is 3. The maximum atomic E-state index is 5.97. The van der Waals surface area contributed by atoms with Crippen molar-refractivity contribution in [3.63, 3.8) is 0 Å². The summed E-state index contributed by atoms with van der Waals surface area (Å²) in [4.78, 5) is 5.82. The number of ether oxygens (including phenoxy) is 2. The minimum absolute atomic E-state index is 0.489. The van der Waals surface area contributed by atoms with Gasteiger partial charge in [0, 0.05) is 10.4 Å². The molecule has 0 bridgehead atoms. The zero-order valence-corrected chi connectivity index (χ0v) is 18.9. The first kappa shape index (κ1) is 21.6. The fraction of sp³-hybridized carbons (Fsp3) is 0.154. The quantitative estimate of drug-likeness (QED) is 0.236. The van der Waals surface area contributed by atoms with E-state index in [-0.39, 0.29) is 0 Å². The first-order chi connectivity index (χ1) is 15.7. The minimum Gasteiger partial charge on any atom is -0.490 e. The highest BCUT2D eigenvalue weighted by molar-refractivity contribution is 7.15. The van der Waals surface area contributed by atoms with Crippen LogP contribution in [0.4, 0.5) is 5.13 Å². The van der Waals surface area contributed by atoms with Crippen LogP contribution in [0.2, 0.25) is 0 Å². The molecule has 4 aromatic rings. The maximum Gasteiger partial charge on any atom is 0.204 e. The molecule has 0 fully saturated rings. The van der Waals surface area contributed by atoms with Crippen LogP contribution in [-0.4, -0.2) is 17.8 Å². The van der Waals surface area contributed by atoms with Crippen LogP contribution < -0.4 is 14.9 Å². The molecule has 162 valence electrons. The van der Waals surface area contributed by atoms with Crippen molar-refractivity contribution >= 4 is 22.7 Å². The second kappa shape index (κ2) is 10.6. The molecule has 5 nitrogen and oxygen atoms in total. The van der Waals surface area contributed by atoms with Crippen molar-refractivity contribution in [3.05, 3.63) is 94.9 Å². The van der Waals surface area contributed by atoms with E-state index in [2.05, 4.69) is 34.6 Å². The third kappa shape index (κ3) is 5.53. The summed E-state index contributed by atoms with van der Waals surface area (Å²) >= 11 is 1.58. The Morgan fingerprint density at radius 3 is 2.44 bits per heavy atom. The van der Waals surface area contributed by atoms with Gasteiger partial charge in [0.15, 0.2) is 11.5 Å². The van der Waals surface area contributed by atoms with E-state index in [4.69, 9.17) is 9.47 Å². The third-order valence-electron chi connectivity index (χ3n) is 4.72. The summed E-state index contributed by atoms with van der Waals surface area (Å²) in [6, 6.07) is 26.0. The standard InChI is InChI=1S/C26H25N3O2S/c1-3-30-24-16-21(14-15-23(24)31-18-20-10-6-4-7-11-20)17-27-29-26-28-25(19(2)32-26)22-12-8-5-9-13-22/h4-17H,3,18H2,1-2H3,(H,28,29)/b27-17-. The summed E-state index contributed by atoms with van der Waals surface area (Å²) in [5.41, 5.74) is 7.14. The van der Waals surface area contributed by atoms with Crippen LogP contribution in [-0.2, 0) is 6.61 Å². The first-order valence-electron chi connectivity index (χ1n) is 10.5. The number of anilines is 1. The van der Waals surface area contributed by atoms with E-state index in [0.717, 1.165) is 32.4 Å². The first-order valence-corrected chi connectivity index (χ1v) is 11.3. The number of aromatic nitrogens is 1. The van der Waals surface area contributed by atoms with Gasteiger partial charge in [-0.1, -0.05) is 60.7 Å². The molecule has 0 unspecified atom stereocenters. The molecule has 6 heteroatoms. The summed E-state index contributed by atoms with van der Waals surface area (Å²) < 4.78 is 11.8. The summed E-state index contributed by atoms with van der Waals surface area (Å²) in [6.07, 6.45) is 1.75. The fourth-order valence-corrected chi connectivity index (χ4v) is 3.98. The second-order valence-electron chi connectivity index (χ2n) is 7.07. The third-order valence-corrected chi connectivity index (χ3v) is 5.60. The molecule has 0 atom stereocenters. The van der Waals surface area contributed by atoms with Crippen molar-refractivity contribution < 1.29 is 9.47 Å². The van der Waals surface area contributed by atoms with Gasteiger partial charge in [-0.15, -0.1) is 11.3 Å². The van der Waals surface area contributed by atoms with Crippen molar-refractivity contribution in [3.8, 4) is 22.8 Å². The van der Waals surface area contributed by atoms with E-state index in [1.54, 1.807) is 17.6 Å². The molecule has 0 amide bonds. The Morgan fingerprint density at radius 2 is 1.69 bits per heavy atom. The van der Waals surface area contributed by atoms with E-state index in [1.165, 1.54) is 0 Å². The number of hydrazone groups is 1. The van der Waals surface area contributed by atoms with E-state index in [0.29, 0.717) is 24.7 Å². The summed E-state index contributed by atoms with van der Waals surface area (Å²) in [6.45, 7) is 5.07. The molecule has 0 aliphatic carbocycles. The zero-order valence-electron chi connectivity index (χ0n) is 18.1. The molecule has 0 saturated carbocycles. The molecule has 0 aliphatic rings. The van der Waals surface area contributed by atoms with Gasteiger partial charge >= 0.3 is 0 Å². The van der Waals surface area contributed by atoms with Crippen molar-refractivity contribution in [2.75, 3.05) is 12.0 Å². The molecule has 4 rings (SSSR count). The van der Waals surface area contributed by atoms with Crippen LogP contribution in [0.15, 0.2) is 84.0 Å². The number of nitrogens with one attached hydrogen (secondary N) is 1. The number of hydrogen-bond donors (Lipinski definition) is 1. The lowest BCUT2D eigenvalue weighted by Crippen LogP contribution is -2.00. The van der Waals surface area contributed by atoms with Crippen LogP contribution in [0.3, 0.4) is 0 Å². The van der Waals surface area contributed by atoms with Crippen molar-refractivity contribution in [2.45, 2.75) is 20.5 Å². The topological polar surface area (TPSA) is 55.7 Å². The lowest BCUT2D eigenvalue weighted by molar-refractivity contribution is 0.269. The van der Waals surface area contributed by atoms with Crippen LogP contribution in [0, 0.1) is 6.92 Å². The predicted molar refractivity (Wildman–Crippen MR) is 132 cm³/mol. The highest BCUT2D eigenvalue weighted by atomic mass is 32.1. The van der Waals surface area contributed by atoms with Gasteiger partial charge in [-0.3, -0.25) is 5.43 Å². The Bertz CT molecular complexity index is 1170. The van der Waals surface area contributed by atoms with Crippen LogP contribution in [0.1, 0.15) is 22.9 Å². The molecule has 3 aromatic carbocycles. The fourth-order valence-electron chi connectivity index (χ4n) is 3.20. The highest BCUT2D eigenvalue weighted by Gasteiger charge is 2.09. The Morgan fingerprint density at radius 1 is 0.938 bits per heavy atom. The molecule has 0 aliphatic heterocycles. The maximum absolute atomic E-state index is 5.97. The number of nitrogens with zero attached hydrogens (tertiary/aromatic N) is 2. The van der Waals surface area contributed by atoms with E-state index in [9.17, 15) is 0 Å². The van der Waals surface area contributed by atoms with Gasteiger partial charge < -0.3 is 9.47 Å². The van der Waals surface area contributed by atoms with Gasteiger partial charge in [0.1, 0.15) is 6.61 Å². The summed E-state index contributed by atoms with van der Waals surface area (Å²) in [5.74, 6) is 1.41. The Balaban J connectivity index is 1.43. The molecular weight excluding hydrogens is 418 g/mol. The van der Waals surface area contributed by atoms with Crippen LogP contribution in [0.25, 0.3) is 11.3 Å². The normalized spacial score (nSPS) is 10.9. The molecule has 32 heavy (non-hydrogen) atoms. The van der Waals surface area contributed by atoms with Gasteiger partial charge in [0.05, 0.1) is 18.5 Å². The van der Waals surface area contributed by atoms with Crippen LogP contribution >= 0.6 is 11.3 Å². The number of hydrogen-bond acceptors (Lipinski definition) is 6. The zero-order chi connectivity index (χ0) is 22.2.